The third kappa shape index (κ3) is 3.79. The standard InChI is InChI=1S/C17H20N2O3/c1-17(15(20)22-2)10-12-19(13-17)16(21)18-11-6-9-14-7-4-3-5-8-14/h3-5,7-8H,10-13H2,1-2H3,(H,18,21)/t17-/m1/s1. The second-order valence-corrected chi connectivity index (χ2v) is 5.55. The van der Waals surface area contributed by atoms with E-state index in [1.165, 1.54) is 7.11 Å². The van der Waals surface area contributed by atoms with Crippen molar-refractivity contribution >= 4 is 12.0 Å². The second-order valence-electron chi connectivity index (χ2n) is 5.55. The summed E-state index contributed by atoms with van der Waals surface area (Å²) in [5.41, 5.74) is 0.304. The van der Waals surface area contributed by atoms with E-state index in [0.717, 1.165) is 5.56 Å². The largest absolute Gasteiger partial charge is 0.469 e. The molecular formula is C17H20N2O3. The number of rotatable bonds is 2. The molecule has 0 unspecified atom stereocenters. The number of esters is 1. The van der Waals surface area contributed by atoms with Crippen molar-refractivity contribution in [3.05, 3.63) is 35.9 Å². The number of methoxy groups -OCH3 is 1. The minimum absolute atomic E-state index is 0.199. The van der Waals surface area contributed by atoms with Crippen LogP contribution in [0.25, 0.3) is 0 Å². The molecule has 1 N–H and O–H groups in total. The predicted molar refractivity (Wildman–Crippen MR) is 83.0 cm³/mol. The molecule has 1 heterocycles. The molecule has 0 spiro atoms. The number of benzene rings is 1. The van der Waals surface area contributed by atoms with E-state index in [0.29, 0.717) is 19.5 Å². The maximum absolute atomic E-state index is 12.1. The summed E-state index contributed by atoms with van der Waals surface area (Å²) in [6.45, 7) is 3.02. The number of hydrogen-bond donors (Lipinski definition) is 1. The Hall–Kier alpha value is -2.48. The van der Waals surface area contributed by atoms with Crippen LogP contribution >= 0.6 is 0 Å². The summed E-state index contributed by atoms with van der Waals surface area (Å²) in [6, 6.07) is 9.39. The molecule has 2 rings (SSSR count). The Morgan fingerprint density at radius 1 is 1.36 bits per heavy atom. The third-order valence-electron chi connectivity index (χ3n) is 3.77. The lowest BCUT2D eigenvalue weighted by atomic mass is 9.90. The average Bonchev–Trinajstić information content (AvgIpc) is 2.95. The first kappa shape index (κ1) is 15.9. The highest BCUT2D eigenvalue weighted by molar-refractivity contribution is 5.80. The lowest BCUT2D eigenvalue weighted by Crippen LogP contribution is -2.41. The first-order chi connectivity index (χ1) is 10.5. The van der Waals surface area contributed by atoms with Crippen LogP contribution in [0.2, 0.25) is 0 Å². The van der Waals surface area contributed by atoms with Gasteiger partial charge in [-0.25, -0.2) is 4.79 Å². The van der Waals surface area contributed by atoms with Crippen molar-refractivity contribution in [2.24, 2.45) is 5.41 Å². The van der Waals surface area contributed by atoms with E-state index in [1.54, 1.807) is 4.90 Å². The highest BCUT2D eigenvalue weighted by atomic mass is 16.5. The number of urea groups is 1. The summed E-state index contributed by atoms with van der Waals surface area (Å²) in [5.74, 6) is 5.62. The normalized spacial score (nSPS) is 20.0. The molecule has 2 amide bonds. The first-order valence-electron chi connectivity index (χ1n) is 7.20. The number of carbonyl (C=O) groups excluding carboxylic acids is 2. The smallest absolute Gasteiger partial charge is 0.318 e. The Balaban J connectivity index is 1.82. The van der Waals surface area contributed by atoms with Gasteiger partial charge in [0.2, 0.25) is 0 Å². The molecule has 116 valence electrons. The minimum atomic E-state index is -0.609. The van der Waals surface area contributed by atoms with Gasteiger partial charge in [0.1, 0.15) is 0 Å². The van der Waals surface area contributed by atoms with E-state index in [-0.39, 0.29) is 18.5 Å². The van der Waals surface area contributed by atoms with E-state index < -0.39 is 5.41 Å². The van der Waals surface area contributed by atoms with Crippen LogP contribution in [-0.4, -0.2) is 43.6 Å². The molecule has 1 aromatic carbocycles. The zero-order valence-electron chi connectivity index (χ0n) is 12.9. The molecule has 0 aromatic heterocycles. The Labute approximate surface area is 130 Å². The van der Waals surface area contributed by atoms with Crippen molar-refractivity contribution < 1.29 is 14.3 Å². The average molecular weight is 300 g/mol. The van der Waals surface area contributed by atoms with E-state index >= 15 is 0 Å². The van der Waals surface area contributed by atoms with Gasteiger partial charge in [-0.05, 0) is 25.5 Å². The fourth-order valence-corrected chi connectivity index (χ4v) is 2.45. The summed E-state index contributed by atoms with van der Waals surface area (Å²) in [6.07, 6.45) is 0.614. The molecule has 0 bridgehead atoms. The fraction of sp³-hybridized carbons (Fsp3) is 0.412. The number of nitrogens with zero attached hydrogens (tertiary/aromatic N) is 1. The SMILES string of the molecule is COC(=O)[C@]1(C)CCN(C(=O)NCC#Cc2ccccc2)C1. The van der Waals surface area contributed by atoms with E-state index in [9.17, 15) is 9.59 Å². The Morgan fingerprint density at radius 3 is 2.77 bits per heavy atom. The minimum Gasteiger partial charge on any atom is -0.469 e. The highest BCUT2D eigenvalue weighted by Crippen LogP contribution is 2.30. The van der Waals surface area contributed by atoms with Crippen molar-refractivity contribution in [2.75, 3.05) is 26.7 Å². The molecule has 1 aliphatic rings. The topological polar surface area (TPSA) is 58.6 Å². The maximum Gasteiger partial charge on any atom is 0.318 e. The van der Waals surface area contributed by atoms with Gasteiger partial charge in [-0.1, -0.05) is 30.0 Å². The second kappa shape index (κ2) is 6.99. The fourth-order valence-electron chi connectivity index (χ4n) is 2.45. The monoisotopic (exact) mass is 300 g/mol. The predicted octanol–water partition coefficient (Wildman–Crippen LogP) is 1.63. The summed E-state index contributed by atoms with van der Waals surface area (Å²) in [5, 5.41) is 2.75. The van der Waals surface area contributed by atoms with Crippen molar-refractivity contribution in [1.29, 1.82) is 0 Å². The molecule has 22 heavy (non-hydrogen) atoms. The van der Waals surface area contributed by atoms with Crippen molar-refractivity contribution in [2.45, 2.75) is 13.3 Å². The first-order valence-corrected chi connectivity index (χ1v) is 7.20. The van der Waals surface area contributed by atoms with Gasteiger partial charge in [-0.15, -0.1) is 0 Å². The summed E-state index contributed by atoms with van der Waals surface area (Å²) in [4.78, 5) is 25.4. The van der Waals surface area contributed by atoms with Crippen LogP contribution in [0.4, 0.5) is 4.79 Å². The van der Waals surface area contributed by atoms with Crippen LogP contribution in [0, 0.1) is 17.3 Å². The van der Waals surface area contributed by atoms with Gasteiger partial charge in [-0.3, -0.25) is 4.79 Å². The molecule has 1 aliphatic heterocycles. The number of ether oxygens (including phenoxy) is 1. The van der Waals surface area contributed by atoms with E-state index in [1.807, 2.05) is 37.3 Å². The molecule has 0 radical (unpaired) electrons. The molecule has 5 heteroatoms. The van der Waals surface area contributed by atoms with Gasteiger partial charge in [0, 0.05) is 18.7 Å². The van der Waals surface area contributed by atoms with Gasteiger partial charge in [0.05, 0.1) is 19.1 Å². The lowest BCUT2D eigenvalue weighted by molar-refractivity contribution is -0.150. The van der Waals surface area contributed by atoms with Gasteiger partial charge in [0.25, 0.3) is 0 Å². The molecule has 0 saturated carbocycles. The number of carbonyl (C=O) groups is 2. The lowest BCUT2D eigenvalue weighted by Gasteiger charge is -2.21. The molecule has 5 nitrogen and oxygen atoms in total. The van der Waals surface area contributed by atoms with Crippen LogP contribution in [0.5, 0.6) is 0 Å². The van der Waals surface area contributed by atoms with E-state index in [4.69, 9.17) is 4.74 Å². The Morgan fingerprint density at radius 2 is 2.09 bits per heavy atom. The van der Waals surface area contributed by atoms with Crippen molar-refractivity contribution in [3.63, 3.8) is 0 Å². The van der Waals surface area contributed by atoms with Gasteiger partial charge in [0.15, 0.2) is 0 Å². The molecule has 1 atom stereocenters. The Bertz CT molecular complexity index is 603. The van der Waals surface area contributed by atoms with Crippen LogP contribution in [0.3, 0.4) is 0 Å². The summed E-state index contributed by atoms with van der Waals surface area (Å²) < 4.78 is 4.79. The molecule has 1 aromatic rings. The van der Waals surface area contributed by atoms with Gasteiger partial charge >= 0.3 is 12.0 Å². The maximum atomic E-state index is 12.1. The van der Waals surface area contributed by atoms with Crippen LogP contribution < -0.4 is 5.32 Å². The summed E-state index contributed by atoms with van der Waals surface area (Å²) >= 11 is 0. The molecule has 1 saturated heterocycles. The van der Waals surface area contributed by atoms with Gasteiger partial charge in [-0.2, -0.15) is 0 Å². The van der Waals surface area contributed by atoms with Gasteiger partial charge < -0.3 is 15.0 Å². The Kier molecular flexibility index (Phi) is 5.05. The summed E-state index contributed by atoms with van der Waals surface area (Å²) in [7, 11) is 1.37. The zero-order chi connectivity index (χ0) is 16.0. The molecule has 0 aliphatic carbocycles. The van der Waals surface area contributed by atoms with Crippen LogP contribution in [0.15, 0.2) is 30.3 Å². The van der Waals surface area contributed by atoms with Crippen LogP contribution in [-0.2, 0) is 9.53 Å². The number of amides is 2. The highest BCUT2D eigenvalue weighted by Gasteiger charge is 2.42. The molecule has 1 fully saturated rings. The third-order valence-corrected chi connectivity index (χ3v) is 3.77. The quantitative estimate of drug-likeness (QED) is 0.667. The van der Waals surface area contributed by atoms with Crippen molar-refractivity contribution in [1.82, 2.24) is 10.2 Å². The van der Waals surface area contributed by atoms with E-state index in [2.05, 4.69) is 17.2 Å². The number of nitrogens with one attached hydrogen (secondary N) is 1. The number of likely N-dealkylation sites (tertiary alicyclic amines) is 1. The van der Waals surface area contributed by atoms with Crippen molar-refractivity contribution in [3.8, 4) is 11.8 Å². The number of hydrogen-bond acceptors (Lipinski definition) is 3. The zero-order valence-corrected chi connectivity index (χ0v) is 12.9. The van der Waals surface area contributed by atoms with Crippen LogP contribution in [0.1, 0.15) is 18.9 Å². The molecular weight excluding hydrogens is 280 g/mol.